The smallest absolute Gasteiger partial charge is 0.123 e. The number of morpholine rings is 1. The van der Waals surface area contributed by atoms with E-state index >= 15 is 0 Å². The van der Waals surface area contributed by atoms with Crippen LogP contribution in [0.4, 0.5) is 0 Å². The van der Waals surface area contributed by atoms with Gasteiger partial charge in [0.15, 0.2) is 0 Å². The average molecular weight is 383 g/mol. The summed E-state index contributed by atoms with van der Waals surface area (Å²) in [5.41, 5.74) is 3.68. The van der Waals surface area contributed by atoms with Crippen molar-refractivity contribution in [3.63, 3.8) is 0 Å². The molecule has 2 heterocycles. The summed E-state index contributed by atoms with van der Waals surface area (Å²) < 4.78 is 11.8. The summed E-state index contributed by atoms with van der Waals surface area (Å²) in [6.45, 7) is 10.4. The van der Waals surface area contributed by atoms with E-state index in [0.29, 0.717) is 12.4 Å². The van der Waals surface area contributed by atoms with E-state index in [1.807, 2.05) is 12.1 Å². The Hall–Kier alpha value is -2.08. The Kier molecular flexibility index (Phi) is 5.85. The van der Waals surface area contributed by atoms with Gasteiger partial charge in [-0.15, -0.1) is 0 Å². The normalized spacial score (nSPS) is 23.6. The van der Waals surface area contributed by atoms with E-state index in [0.717, 1.165) is 50.6 Å². The molecule has 2 aromatic carbocycles. The summed E-state index contributed by atoms with van der Waals surface area (Å²) in [6, 6.07) is 14.1. The summed E-state index contributed by atoms with van der Waals surface area (Å²) in [4.78, 5) is 4.85. The highest BCUT2D eigenvalue weighted by Gasteiger charge is 2.23. The lowest BCUT2D eigenvalue weighted by Gasteiger charge is -2.35. The van der Waals surface area contributed by atoms with Crippen molar-refractivity contribution in [1.29, 1.82) is 0 Å². The van der Waals surface area contributed by atoms with E-state index < -0.39 is 0 Å². The SMILES string of the molecule is C[C@@H]1CN(Cc2ccc3c(c2)CN(Cc2cccc(O)c2)CCO3)C[C@H](C)O1. The first-order valence-corrected chi connectivity index (χ1v) is 10.2. The molecule has 2 atom stereocenters. The quantitative estimate of drug-likeness (QED) is 0.878. The molecule has 0 spiro atoms. The van der Waals surface area contributed by atoms with Crippen molar-refractivity contribution < 1.29 is 14.6 Å². The molecule has 0 amide bonds. The van der Waals surface area contributed by atoms with Gasteiger partial charge in [0.1, 0.15) is 18.1 Å². The molecule has 5 heteroatoms. The van der Waals surface area contributed by atoms with E-state index in [2.05, 4.69) is 47.9 Å². The minimum absolute atomic E-state index is 0.283. The molecule has 0 radical (unpaired) electrons. The Morgan fingerprint density at radius 1 is 0.964 bits per heavy atom. The van der Waals surface area contributed by atoms with Crippen molar-refractivity contribution in [3.05, 3.63) is 59.2 Å². The fourth-order valence-electron chi connectivity index (χ4n) is 4.32. The Bertz CT molecular complexity index is 800. The molecule has 2 aromatic rings. The molecule has 0 aliphatic carbocycles. The molecular formula is C23H30N2O3. The zero-order chi connectivity index (χ0) is 19.5. The molecule has 4 rings (SSSR count). The van der Waals surface area contributed by atoms with Crippen LogP contribution in [0.2, 0.25) is 0 Å². The van der Waals surface area contributed by atoms with Crippen molar-refractivity contribution in [3.8, 4) is 11.5 Å². The van der Waals surface area contributed by atoms with Crippen molar-refractivity contribution >= 4 is 0 Å². The number of phenols is 1. The van der Waals surface area contributed by atoms with Gasteiger partial charge in [0.05, 0.1) is 12.2 Å². The summed E-state index contributed by atoms with van der Waals surface area (Å²) in [7, 11) is 0. The first-order chi connectivity index (χ1) is 13.5. The first kappa shape index (κ1) is 19.2. The maximum Gasteiger partial charge on any atom is 0.123 e. The monoisotopic (exact) mass is 382 g/mol. The molecule has 0 saturated carbocycles. The third kappa shape index (κ3) is 4.85. The number of benzene rings is 2. The lowest BCUT2D eigenvalue weighted by atomic mass is 10.1. The second kappa shape index (κ2) is 8.52. The lowest BCUT2D eigenvalue weighted by Crippen LogP contribution is -2.44. The number of nitrogens with zero attached hydrogens (tertiary/aromatic N) is 2. The molecule has 0 aromatic heterocycles. The zero-order valence-electron chi connectivity index (χ0n) is 16.8. The predicted molar refractivity (Wildman–Crippen MR) is 109 cm³/mol. The van der Waals surface area contributed by atoms with Crippen LogP contribution in [0.25, 0.3) is 0 Å². The topological polar surface area (TPSA) is 45.2 Å². The maximum atomic E-state index is 9.73. The Morgan fingerprint density at radius 3 is 2.50 bits per heavy atom. The van der Waals surface area contributed by atoms with Crippen LogP contribution < -0.4 is 4.74 Å². The van der Waals surface area contributed by atoms with Gasteiger partial charge in [0.2, 0.25) is 0 Å². The van der Waals surface area contributed by atoms with Gasteiger partial charge in [0.25, 0.3) is 0 Å². The maximum absolute atomic E-state index is 9.73. The standard InChI is InChI=1S/C23H30N2O3/c1-17-12-25(13-18(2)28-17)15-20-6-7-23-21(10-20)16-24(8-9-27-23)14-19-4-3-5-22(26)11-19/h3-7,10-11,17-18,26H,8-9,12-16H2,1-2H3/t17-,18+. The number of aromatic hydroxyl groups is 1. The van der Waals surface area contributed by atoms with Crippen LogP contribution in [-0.2, 0) is 24.4 Å². The largest absolute Gasteiger partial charge is 0.508 e. The van der Waals surface area contributed by atoms with Crippen LogP contribution in [-0.4, -0.2) is 53.4 Å². The van der Waals surface area contributed by atoms with Crippen LogP contribution in [0.5, 0.6) is 11.5 Å². The Balaban J connectivity index is 1.46. The second-order valence-corrected chi connectivity index (χ2v) is 8.12. The number of ether oxygens (including phenoxy) is 2. The molecule has 2 aliphatic heterocycles. The van der Waals surface area contributed by atoms with Crippen LogP contribution in [0.1, 0.15) is 30.5 Å². The average Bonchev–Trinajstić information content (AvgIpc) is 2.82. The van der Waals surface area contributed by atoms with Crippen LogP contribution in [0.3, 0.4) is 0 Å². The van der Waals surface area contributed by atoms with Crippen LogP contribution >= 0.6 is 0 Å². The van der Waals surface area contributed by atoms with Gasteiger partial charge in [0, 0.05) is 44.8 Å². The van der Waals surface area contributed by atoms with E-state index in [-0.39, 0.29) is 12.2 Å². The Labute approximate surface area is 167 Å². The molecule has 2 aliphatic rings. The van der Waals surface area contributed by atoms with Gasteiger partial charge < -0.3 is 14.6 Å². The summed E-state index contributed by atoms with van der Waals surface area (Å²) in [5.74, 6) is 1.31. The van der Waals surface area contributed by atoms with Gasteiger partial charge in [-0.2, -0.15) is 0 Å². The fourth-order valence-corrected chi connectivity index (χ4v) is 4.32. The van der Waals surface area contributed by atoms with E-state index in [1.54, 1.807) is 6.07 Å². The fraction of sp³-hybridized carbons (Fsp3) is 0.478. The lowest BCUT2D eigenvalue weighted by molar-refractivity contribution is -0.0704. The molecule has 150 valence electrons. The molecular weight excluding hydrogens is 352 g/mol. The van der Waals surface area contributed by atoms with Crippen molar-refractivity contribution in [1.82, 2.24) is 9.80 Å². The molecule has 1 saturated heterocycles. The Morgan fingerprint density at radius 2 is 1.71 bits per heavy atom. The number of hydrogen-bond acceptors (Lipinski definition) is 5. The highest BCUT2D eigenvalue weighted by atomic mass is 16.5. The molecule has 0 bridgehead atoms. The molecule has 1 fully saturated rings. The van der Waals surface area contributed by atoms with E-state index in [1.165, 1.54) is 11.1 Å². The summed E-state index contributed by atoms with van der Waals surface area (Å²) in [6.07, 6.45) is 0.566. The zero-order valence-corrected chi connectivity index (χ0v) is 16.8. The van der Waals surface area contributed by atoms with Crippen molar-refractivity contribution in [2.75, 3.05) is 26.2 Å². The highest BCUT2D eigenvalue weighted by Crippen LogP contribution is 2.26. The number of phenolic OH excluding ortho intramolecular Hbond substituents is 1. The molecule has 0 unspecified atom stereocenters. The molecule has 28 heavy (non-hydrogen) atoms. The van der Waals surface area contributed by atoms with Gasteiger partial charge in [-0.05, 0) is 49.2 Å². The van der Waals surface area contributed by atoms with Gasteiger partial charge >= 0.3 is 0 Å². The van der Waals surface area contributed by atoms with Gasteiger partial charge in [-0.1, -0.05) is 18.2 Å². The highest BCUT2D eigenvalue weighted by molar-refractivity contribution is 5.38. The number of fused-ring (bicyclic) bond motifs is 1. The summed E-state index contributed by atoms with van der Waals surface area (Å²) in [5, 5.41) is 9.73. The minimum atomic E-state index is 0.283. The minimum Gasteiger partial charge on any atom is -0.508 e. The summed E-state index contributed by atoms with van der Waals surface area (Å²) >= 11 is 0. The van der Waals surface area contributed by atoms with E-state index in [9.17, 15) is 5.11 Å². The second-order valence-electron chi connectivity index (χ2n) is 8.12. The number of rotatable bonds is 4. The third-order valence-corrected chi connectivity index (χ3v) is 5.40. The molecule has 5 nitrogen and oxygen atoms in total. The molecule has 1 N–H and O–H groups in total. The van der Waals surface area contributed by atoms with E-state index in [4.69, 9.17) is 9.47 Å². The van der Waals surface area contributed by atoms with Gasteiger partial charge in [-0.25, -0.2) is 0 Å². The predicted octanol–water partition coefficient (Wildman–Crippen LogP) is 3.40. The van der Waals surface area contributed by atoms with Crippen LogP contribution in [0, 0.1) is 0 Å². The third-order valence-electron chi connectivity index (χ3n) is 5.40. The first-order valence-electron chi connectivity index (χ1n) is 10.2. The van der Waals surface area contributed by atoms with Crippen LogP contribution in [0.15, 0.2) is 42.5 Å². The van der Waals surface area contributed by atoms with Crippen molar-refractivity contribution in [2.45, 2.75) is 45.7 Å². The number of hydrogen-bond donors (Lipinski definition) is 1. The van der Waals surface area contributed by atoms with Crippen molar-refractivity contribution in [2.24, 2.45) is 0 Å². The van der Waals surface area contributed by atoms with Gasteiger partial charge in [-0.3, -0.25) is 9.80 Å².